The highest BCUT2D eigenvalue weighted by Gasteiger charge is 2.18. The van der Waals surface area contributed by atoms with Gasteiger partial charge in [-0.2, -0.15) is 0 Å². The van der Waals surface area contributed by atoms with E-state index in [4.69, 9.17) is 9.26 Å². The molecule has 0 saturated heterocycles. The van der Waals surface area contributed by atoms with E-state index in [1.165, 1.54) is 25.3 Å². The van der Waals surface area contributed by atoms with Crippen molar-refractivity contribution in [2.75, 3.05) is 23.4 Å². The third-order valence-electron chi connectivity index (χ3n) is 4.16. The number of anilines is 1. The molecule has 0 bridgehead atoms. The Hall–Kier alpha value is -2.29. The monoisotopic (exact) mass is 409 g/mol. The number of aryl methyl sites for hydroxylation is 1. The van der Waals surface area contributed by atoms with Gasteiger partial charge < -0.3 is 19.9 Å². The predicted molar refractivity (Wildman–Crippen MR) is 107 cm³/mol. The molecule has 0 aromatic carbocycles. The zero-order valence-corrected chi connectivity index (χ0v) is 17.1. The van der Waals surface area contributed by atoms with Crippen molar-refractivity contribution in [2.45, 2.75) is 52.1 Å². The topological polar surface area (TPSA) is 111 Å². The number of ether oxygens (including phenoxy) is 1. The first-order valence-corrected chi connectivity index (χ1v) is 10.6. The van der Waals surface area contributed by atoms with Gasteiger partial charge in [0.1, 0.15) is 5.76 Å². The normalized spacial score (nSPS) is 14.7. The summed E-state index contributed by atoms with van der Waals surface area (Å²) in [6.07, 6.45) is 6.88. The third-order valence-corrected chi connectivity index (χ3v) is 5.06. The summed E-state index contributed by atoms with van der Waals surface area (Å²) in [7, 11) is 0. The minimum atomic E-state index is -0.861. The molecule has 0 unspecified atom stereocenters. The lowest BCUT2D eigenvalue weighted by Gasteiger charge is -2.15. The van der Waals surface area contributed by atoms with Gasteiger partial charge in [-0.25, -0.2) is 0 Å². The number of nitrogens with zero attached hydrogens (tertiary/aromatic N) is 1. The first kappa shape index (κ1) is 22.0. The van der Waals surface area contributed by atoms with Gasteiger partial charge in [0.2, 0.25) is 5.91 Å². The SMILES string of the molecule is Cc1cc(NC(=O)CSCC(=O)O[C@@H](C)C(=O)NCCC2=CCCCC2)no1. The molecule has 8 nitrogen and oxygen atoms in total. The van der Waals surface area contributed by atoms with Crippen LogP contribution in [0.3, 0.4) is 0 Å². The highest BCUT2D eigenvalue weighted by Crippen LogP contribution is 2.19. The van der Waals surface area contributed by atoms with E-state index in [2.05, 4.69) is 21.9 Å². The second-order valence-electron chi connectivity index (χ2n) is 6.65. The summed E-state index contributed by atoms with van der Waals surface area (Å²) in [5.74, 6) is -0.170. The fourth-order valence-electron chi connectivity index (χ4n) is 2.74. The van der Waals surface area contributed by atoms with Crippen molar-refractivity contribution >= 4 is 35.4 Å². The molecule has 0 saturated carbocycles. The summed E-state index contributed by atoms with van der Waals surface area (Å²) >= 11 is 1.10. The number of esters is 1. The average molecular weight is 410 g/mol. The van der Waals surface area contributed by atoms with E-state index >= 15 is 0 Å². The molecule has 9 heteroatoms. The van der Waals surface area contributed by atoms with Gasteiger partial charge in [0.25, 0.3) is 5.91 Å². The summed E-state index contributed by atoms with van der Waals surface area (Å²) in [6, 6.07) is 1.60. The van der Waals surface area contributed by atoms with Crippen LogP contribution >= 0.6 is 11.8 Å². The molecular formula is C19H27N3O5S. The van der Waals surface area contributed by atoms with Crippen molar-refractivity contribution in [3.05, 3.63) is 23.5 Å². The molecule has 0 radical (unpaired) electrons. The lowest BCUT2D eigenvalue weighted by molar-refractivity contribution is -0.152. The number of allylic oxidation sites excluding steroid dienone is 1. The molecule has 2 rings (SSSR count). The zero-order chi connectivity index (χ0) is 20.4. The Morgan fingerprint density at radius 3 is 2.82 bits per heavy atom. The molecule has 0 spiro atoms. The van der Waals surface area contributed by atoms with Gasteiger partial charge in [-0.3, -0.25) is 14.4 Å². The Morgan fingerprint density at radius 2 is 2.14 bits per heavy atom. The Kier molecular flexibility index (Phi) is 9.06. The molecule has 28 heavy (non-hydrogen) atoms. The number of aromatic nitrogens is 1. The second kappa shape index (κ2) is 11.5. The largest absolute Gasteiger partial charge is 0.452 e. The lowest BCUT2D eigenvalue weighted by atomic mass is 9.97. The van der Waals surface area contributed by atoms with E-state index in [1.807, 2.05) is 0 Å². The van der Waals surface area contributed by atoms with Crippen molar-refractivity contribution in [1.29, 1.82) is 0 Å². The van der Waals surface area contributed by atoms with Crippen LogP contribution < -0.4 is 10.6 Å². The Balaban J connectivity index is 1.57. The van der Waals surface area contributed by atoms with Gasteiger partial charge >= 0.3 is 5.97 Å². The maximum absolute atomic E-state index is 12.0. The zero-order valence-electron chi connectivity index (χ0n) is 16.3. The van der Waals surface area contributed by atoms with Crippen LogP contribution in [0.5, 0.6) is 0 Å². The molecule has 0 aliphatic heterocycles. The first-order valence-electron chi connectivity index (χ1n) is 9.40. The number of thioether (sulfide) groups is 1. The molecule has 154 valence electrons. The highest BCUT2D eigenvalue weighted by atomic mass is 32.2. The van der Waals surface area contributed by atoms with Crippen LogP contribution in [-0.2, 0) is 19.1 Å². The van der Waals surface area contributed by atoms with Crippen molar-refractivity contribution in [2.24, 2.45) is 0 Å². The molecule has 0 fully saturated rings. The Bertz CT molecular complexity index is 716. The maximum Gasteiger partial charge on any atom is 0.316 e. The summed E-state index contributed by atoms with van der Waals surface area (Å²) in [4.78, 5) is 35.6. The Labute approximate surface area is 168 Å². The highest BCUT2D eigenvalue weighted by molar-refractivity contribution is 8.00. The van der Waals surface area contributed by atoms with Gasteiger partial charge in [0, 0.05) is 12.6 Å². The standard InChI is InChI=1S/C19H27N3O5S/c1-13-10-16(22-27-13)21-17(23)11-28-12-18(24)26-14(2)19(25)20-9-8-15-6-4-3-5-7-15/h6,10,14H,3-5,7-9,11-12H2,1-2H3,(H,20,25)(H,21,22,23)/t14-/m0/s1. The third kappa shape index (κ3) is 8.16. The first-order chi connectivity index (χ1) is 13.4. The van der Waals surface area contributed by atoms with Gasteiger partial charge in [-0.1, -0.05) is 16.8 Å². The van der Waals surface area contributed by atoms with E-state index in [9.17, 15) is 14.4 Å². The van der Waals surface area contributed by atoms with Crippen LogP contribution in [0.1, 0.15) is 44.8 Å². The molecular weight excluding hydrogens is 382 g/mol. The predicted octanol–water partition coefficient (Wildman–Crippen LogP) is 2.59. The van der Waals surface area contributed by atoms with Crippen molar-refractivity contribution in [1.82, 2.24) is 10.5 Å². The number of rotatable bonds is 10. The minimum absolute atomic E-state index is 0.0181. The lowest BCUT2D eigenvalue weighted by Crippen LogP contribution is -2.36. The van der Waals surface area contributed by atoms with Crippen molar-refractivity contribution in [3.63, 3.8) is 0 Å². The van der Waals surface area contributed by atoms with Gasteiger partial charge in [0.15, 0.2) is 11.9 Å². The van der Waals surface area contributed by atoms with Crippen LogP contribution in [0.4, 0.5) is 5.82 Å². The molecule has 1 aromatic rings. The molecule has 1 heterocycles. The maximum atomic E-state index is 12.0. The summed E-state index contributed by atoms with van der Waals surface area (Å²) < 4.78 is 9.96. The average Bonchev–Trinajstić information content (AvgIpc) is 3.07. The molecule has 1 atom stereocenters. The summed E-state index contributed by atoms with van der Waals surface area (Å²) in [5, 5.41) is 9.01. The number of hydrogen-bond acceptors (Lipinski definition) is 7. The van der Waals surface area contributed by atoms with Crippen LogP contribution in [0.2, 0.25) is 0 Å². The van der Waals surface area contributed by atoms with E-state index in [-0.39, 0.29) is 23.3 Å². The quantitative estimate of drug-likeness (QED) is 0.451. The fourth-order valence-corrected chi connectivity index (χ4v) is 3.33. The summed E-state index contributed by atoms with van der Waals surface area (Å²) in [5.41, 5.74) is 1.38. The van der Waals surface area contributed by atoms with Gasteiger partial charge in [0.05, 0.1) is 11.5 Å². The molecule has 1 aromatic heterocycles. The van der Waals surface area contributed by atoms with Gasteiger partial charge in [-0.05, 0) is 46.0 Å². The molecule has 2 N–H and O–H groups in total. The molecule has 1 aliphatic rings. The van der Waals surface area contributed by atoms with Crippen molar-refractivity contribution < 1.29 is 23.6 Å². The van der Waals surface area contributed by atoms with Crippen LogP contribution in [0.25, 0.3) is 0 Å². The van der Waals surface area contributed by atoms with Crippen molar-refractivity contribution in [3.8, 4) is 0 Å². The minimum Gasteiger partial charge on any atom is -0.452 e. The molecule has 2 amide bonds. The van der Waals surface area contributed by atoms with Crippen LogP contribution in [0.15, 0.2) is 22.2 Å². The van der Waals surface area contributed by atoms with E-state index in [0.717, 1.165) is 31.0 Å². The fraction of sp³-hybridized carbons (Fsp3) is 0.579. The van der Waals surface area contributed by atoms with Crippen LogP contribution in [0, 0.1) is 6.92 Å². The number of nitrogens with one attached hydrogen (secondary N) is 2. The van der Waals surface area contributed by atoms with Crippen LogP contribution in [-0.4, -0.2) is 47.1 Å². The summed E-state index contributed by atoms with van der Waals surface area (Å²) in [6.45, 7) is 3.80. The second-order valence-corrected chi connectivity index (χ2v) is 7.63. The van der Waals surface area contributed by atoms with E-state index in [1.54, 1.807) is 13.0 Å². The Morgan fingerprint density at radius 1 is 1.32 bits per heavy atom. The number of carbonyl (C=O) groups is 3. The number of carbonyl (C=O) groups excluding carboxylic acids is 3. The smallest absolute Gasteiger partial charge is 0.316 e. The molecule has 1 aliphatic carbocycles. The van der Waals surface area contributed by atoms with E-state index < -0.39 is 12.1 Å². The van der Waals surface area contributed by atoms with E-state index in [0.29, 0.717) is 18.1 Å². The van der Waals surface area contributed by atoms with Gasteiger partial charge in [-0.15, -0.1) is 11.8 Å². The number of amides is 2. The number of hydrogen-bond donors (Lipinski definition) is 2.